The fourth-order valence-electron chi connectivity index (χ4n) is 2.92. The van der Waals surface area contributed by atoms with E-state index in [4.69, 9.17) is 0 Å². The van der Waals surface area contributed by atoms with Gasteiger partial charge in [0, 0.05) is 77.1 Å². The lowest BCUT2D eigenvalue weighted by molar-refractivity contribution is 0.209. The second kappa shape index (κ2) is 8.72. The largest absolute Gasteiger partial charge is 0.314 e. The minimum absolute atomic E-state index is 0.969. The Bertz CT molecular complexity index is 509. The lowest BCUT2D eigenvalue weighted by atomic mass is 10.2. The molecule has 2 aromatic heterocycles. The maximum atomic E-state index is 4.22. The molecule has 0 amide bonds. The van der Waals surface area contributed by atoms with E-state index in [2.05, 4.69) is 37.2 Å². The molecule has 0 aliphatic carbocycles. The van der Waals surface area contributed by atoms with Crippen LogP contribution in [0.3, 0.4) is 0 Å². The van der Waals surface area contributed by atoms with Crippen LogP contribution in [0.2, 0.25) is 0 Å². The second-order valence-electron chi connectivity index (χ2n) is 6.02. The van der Waals surface area contributed by atoms with E-state index in [1.165, 1.54) is 11.1 Å². The molecule has 0 unspecified atom stereocenters. The van der Waals surface area contributed by atoms with Crippen LogP contribution in [0.25, 0.3) is 0 Å². The molecular weight excluding hydrogens is 286 g/mol. The highest BCUT2D eigenvalue weighted by Gasteiger charge is 2.13. The van der Waals surface area contributed by atoms with E-state index in [0.717, 1.165) is 52.4 Å². The SMILES string of the molecule is c1cncc(CN2CCNCCN(Cc3cccnc3)CC2)c1. The van der Waals surface area contributed by atoms with Crippen molar-refractivity contribution >= 4 is 0 Å². The number of aromatic nitrogens is 2. The van der Waals surface area contributed by atoms with Crippen molar-refractivity contribution in [3.63, 3.8) is 0 Å². The van der Waals surface area contributed by atoms with Gasteiger partial charge in [0.05, 0.1) is 0 Å². The predicted octanol–water partition coefficient (Wildman–Crippen LogP) is 1.38. The Kier molecular flexibility index (Phi) is 6.09. The zero-order valence-corrected chi connectivity index (χ0v) is 13.6. The monoisotopic (exact) mass is 311 g/mol. The van der Waals surface area contributed by atoms with Crippen LogP contribution in [-0.4, -0.2) is 59.0 Å². The summed E-state index contributed by atoms with van der Waals surface area (Å²) in [6.07, 6.45) is 7.60. The molecule has 3 rings (SSSR count). The first kappa shape index (κ1) is 16.1. The number of hydrogen-bond donors (Lipinski definition) is 1. The van der Waals surface area contributed by atoms with Gasteiger partial charge in [0.1, 0.15) is 0 Å². The predicted molar refractivity (Wildman–Crippen MR) is 91.9 cm³/mol. The molecular formula is C18H25N5. The van der Waals surface area contributed by atoms with Crippen molar-refractivity contribution in [3.8, 4) is 0 Å². The third-order valence-corrected chi connectivity index (χ3v) is 4.20. The van der Waals surface area contributed by atoms with Crippen LogP contribution >= 0.6 is 0 Å². The molecule has 122 valence electrons. The molecule has 1 fully saturated rings. The van der Waals surface area contributed by atoms with Gasteiger partial charge < -0.3 is 5.32 Å². The van der Waals surface area contributed by atoms with Crippen molar-refractivity contribution in [1.29, 1.82) is 0 Å². The van der Waals surface area contributed by atoms with E-state index in [-0.39, 0.29) is 0 Å². The summed E-state index contributed by atoms with van der Waals surface area (Å²) < 4.78 is 0. The maximum absolute atomic E-state index is 4.22. The lowest BCUT2D eigenvalue weighted by Crippen LogP contribution is -2.35. The van der Waals surface area contributed by atoms with Gasteiger partial charge in [0.2, 0.25) is 0 Å². The smallest absolute Gasteiger partial charge is 0.0312 e. The molecule has 5 nitrogen and oxygen atoms in total. The molecule has 0 radical (unpaired) electrons. The summed E-state index contributed by atoms with van der Waals surface area (Å²) in [7, 11) is 0. The Morgan fingerprint density at radius 3 is 1.74 bits per heavy atom. The van der Waals surface area contributed by atoms with E-state index in [1.807, 2.05) is 36.9 Å². The van der Waals surface area contributed by atoms with Gasteiger partial charge in [-0.3, -0.25) is 19.8 Å². The number of nitrogens with zero attached hydrogens (tertiary/aromatic N) is 4. The van der Waals surface area contributed by atoms with Crippen molar-refractivity contribution < 1.29 is 0 Å². The summed E-state index contributed by atoms with van der Waals surface area (Å²) in [5.41, 5.74) is 2.57. The van der Waals surface area contributed by atoms with Gasteiger partial charge in [0.15, 0.2) is 0 Å². The number of pyridine rings is 2. The Hall–Kier alpha value is -1.82. The molecule has 5 heteroatoms. The zero-order valence-electron chi connectivity index (χ0n) is 13.6. The van der Waals surface area contributed by atoms with Gasteiger partial charge in [-0.05, 0) is 23.3 Å². The summed E-state index contributed by atoms with van der Waals surface area (Å²) in [5, 5.41) is 3.54. The Labute approximate surface area is 138 Å². The van der Waals surface area contributed by atoms with Gasteiger partial charge in [0.25, 0.3) is 0 Å². The van der Waals surface area contributed by atoms with Crippen LogP contribution in [0.4, 0.5) is 0 Å². The molecule has 3 heterocycles. The van der Waals surface area contributed by atoms with Gasteiger partial charge in [-0.1, -0.05) is 12.1 Å². The van der Waals surface area contributed by atoms with E-state index in [9.17, 15) is 0 Å². The topological polar surface area (TPSA) is 44.3 Å². The minimum atomic E-state index is 0.969. The highest BCUT2D eigenvalue weighted by atomic mass is 15.2. The number of nitrogens with one attached hydrogen (secondary N) is 1. The van der Waals surface area contributed by atoms with Crippen LogP contribution in [0, 0.1) is 0 Å². The minimum Gasteiger partial charge on any atom is -0.314 e. The quantitative estimate of drug-likeness (QED) is 0.924. The van der Waals surface area contributed by atoms with Crippen molar-refractivity contribution in [1.82, 2.24) is 25.1 Å². The van der Waals surface area contributed by atoms with Crippen LogP contribution in [0.5, 0.6) is 0 Å². The molecule has 23 heavy (non-hydrogen) atoms. The fourth-order valence-corrected chi connectivity index (χ4v) is 2.92. The third kappa shape index (κ3) is 5.39. The van der Waals surface area contributed by atoms with E-state index < -0.39 is 0 Å². The third-order valence-electron chi connectivity index (χ3n) is 4.20. The first-order chi connectivity index (χ1) is 11.4. The summed E-state index contributed by atoms with van der Waals surface area (Å²) >= 11 is 0. The van der Waals surface area contributed by atoms with Crippen molar-refractivity contribution in [2.75, 3.05) is 39.3 Å². The Morgan fingerprint density at radius 1 is 0.783 bits per heavy atom. The molecule has 1 saturated heterocycles. The number of rotatable bonds is 4. The summed E-state index contributed by atoms with van der Waals surface area (Å²) in [4.78, 5) is 13.5. The lowest BCUT2D eigenvalue weighted by Gasteiger charge is -2.25. The zero-order chi connectivity index (χ0) is 15.7. The standard InChI is InChI=1S/C18H25N5/c1-3-17(13-20-5-1)15-22-9-7-19-8-10-23(12-11-22)16-18-4-2-6-21-14-18/h1-6,13-14,19H,7-12,15-16H2. The van der Waals surface area contributed by atoms with Crippen LogP contribution in [-0.2, 0) is 13.1 Å². The molecule has 0 saturated carbocycles. The Balaban J connectivity index is 1.57. The van der Waals surface area contributed by atoms with E-state index >= 15 is 0 Å². The fraction of sp³-hybridized carbons (Fsp3) is 0.444. The Morgan fingerprint density at radius 2 is 1.30 bits per heavy atom. The van der Waals surface area contributed by atoms with Crippen molar-refractivity contribution in [2.45, 2.75) is 13.1 Å². The molecule has 1 aliphatic heterocycles. The first-order valence-corrected chi connectivity index (χ1v) is 8.33. The van der Waals surface area contributed by atoms with Crippen molar-refractivity contribution in [3.05, 3.63) is 60.2 Å². The molecule has 0 bridgehead atoms. The summed E-state index contributed by atoms with van der Waals surface area (Å²) in [5.74, 6) is 0. The molecule has 0 spiro atoms. The van der Waals surface area contributed by atoms with Gasteiger partial charge >= 0.3 is 0 Å². The highest BCUT2D eigenvalue weighted by Crippen LogP contribution is 2.06. The van der Waals surface area contributed by atoms with Crippen LogP contribution in [0.15, 0.2) is 49.1 Å². The maximum Gasteiger partial charge on any atom is 0.0312 e. The van der Waals surface area contributed by atoms with E-state index in [0.29, 0.717) is 0 Å². The van der Waals surface area contributed by atoms with Gasteiger partial charge in [-0.2, -0.15) is 0 Å². The summed E-state index contributed by atoms with van der Waals surface area (Å²) in [6, 6.07) is 8.33. The van der Waals surface area contributed by atoms with Crippen LogP contribution in [0.1, 0.15) is 11.1 Å². The first-order valence-electron chi connectivity index (χ1n) is 8.33. The molecule has 1 aliphatic rings. The molecule has 1 N–H and O–H groups in total. The van der Waals surface area contributed by atoms with Gasteiger partial charge in [-0.15, -0.1) is 0 Å². The average Bonchev–Trinajstić information content (AvgIpc) is 2.70. The van der Waals surface area contributed by atoms with Gasteiger partial charge in [-0.25, -0.2) is 0 Å². The molecule has 0 aromatic carbocycles. The van der Waals surface area contributed by atoms with Crippen LogP contribution < -0.4 is 5.32 Å². The summed E-state index contributed by atoms with van der Waals surface area (Å²) in [6.45, 7) is 8.34. The number of hydrogen-bond acceptors (Lipinski definition) is 5. The average molecular weight is 311 g/mol. The van der Waals surface area contributed by atoms with E-state index in [1.54, 1.807) is 0 Å². The molecule has 0 atom stereocenters. The highest BCUT2D eigenvalue weighted by molar-refractivity contribution is 5.09. The molecule has 2 aromatic rings. The normalized spacial score (nSPS) is 18.1. The van der Waals surface area contributed by atoms with Crippen molar-refractivity contribution in [2.24, 2.45) is 0 Å². The second-order valence-corrected chi connectivity index (χ2v) is 6.02.